The Kier molecular flexibility index (Phi) is 6.65. The number of carbonyl (C=O) groups is 1. The quantitative estimate of drug-likeness (QED) is 0.562. The van der Waals surface area contributed by atoms with Gasteiger partial charge in [0, 0.05) is 0 Å². The first-order chi connectivity index (χ1) is 7.22. The Morgan fingerprint density at radius 3 is 2.25 bits per heavy atom. The van der Waals surface area contributed by atoms with Gasteiger partial charge in [-0.15, -0.1) is 0 Å². The SMILES string of the molecule is CC(C)CCCNC(C)C(=O)OC(C)(C)C. The number of ether oxygens (including phenoxy) is 1. The highest BCUT2D eigenvalue weighted by Gasteiger charge is 2.20. The van der Waals surface area contributed by atoms with E-state index in [0.29, 0.717) is 0 Å². The van der Waals surface area contributed by atoms with E-state index in [9.17, 15) is 4.79 Å². The summed E-state index contributed by atoms with van der Waals surface area (Å²) in [6.45, 7) is 12.8. The van der Waals surface area contributed by atoms with Crippen molar-refractivity contribution < 1.29 is 9.53 Å². The molecule has 0 heterocycles. The van der Waals surface area contributed by atoms with Crippen molar-refractivity contribution in [3.8, 4) is 0 Å². The van der Waals surface area contributed by atoms with Crippen LogP contribution in [0.1, 0.15) is 54.4 Å². The highest BCUT2D eigenvalue weighted by molar-refractivity contribution is 5.75. The fourth-order valence-electron chi connectivity index (χ4n) is 1.30. The second-order valence-corrected chi connectivity index (χ2v) is 5.75. The molecule has 1 unspecified atom stereocenters. The summed E-state index contributed by atoms with van der Waals surface area (Å²) in [7, 11) is 0. The van der Waals surface area contributed by atoms with Crippen LogP contribution in [-0.4, -0.2) is 24.2 Å². The van der Waals surface area contributed by atoms with Crippen molar-refractivity contribution in [2.75, 3.05) is 6.54 Å². The van der Waals surface area contributed by atoms with E-state index in [0.717, 1.165) is 18.9 Å². The number of carbonyl (C=O) groups excluding carboxylic acids is 1. The fourth-order valence-corrected chi connectivity index (χ4v) is 1.30. The van der Waals surface area contributed by atoms with E-state index in [1.54, 1.807) is 0 Å². The van der Waals surface area contributed by atoms with Gasteiger partial charge in [0.25, 0.3) is 0 Å². The molecule has 0 aliphatic carbocycles. The van der Waals surface area contributed by atoms with Gasteiger partial charge in [0.15, 0.2) is 0 Å². The van der Waals surface area contributed by atoms with E-state index < -0.39 is 5.60 Å². The zero-order valence-electron chi connectivity index (χ0n) is 11.6. The Hall–Kier alpha value is -0.570. The lowest BCUT2D eigenvalue weighted by molar-refractivity contribution is -0.156. The van der Waals surface area contributed by atoms with E-state index in [4.69, 9.17) is 4.74 Å². The Labute approximate surface area is 99.9 Å². The van der Waals surface area contributed by atoms with E-state index in [-0.39, 0.29) is 12.0 Å². The lowest BCUT2D eigenvalue weighted by atomic mass is 10.1. The van der Waals surface area contributed by atoms with Crippen LogP contribution in [0.5, 0.6) is 0 Å². The first kappa shape index (κ1) is 15.4. The lowest BCUT2D eigenvalue weighted by Crippen LogP contribution is -2.39. The smallest absolute Gasteiger partial charge is 0.323 e. The molecule has 0 bridgehead atoms. The summed E-state index contributed by atoms with van der Waals surface area (Å²) in [5.41, 5.74) is -0.398. The largest absolute Gasteiger partial charge is 0.459 e. The Balaban J connectivity index is 3.72. The maximum Gasteiger partial charge on any atom is 0.323 e. The van der Waals surface area contributed by atoms with Crippen molar-refractivity contribution >= 4 is 5.97 Å². The fraction of sp³-hybridized carbons (Fsp3) is 0.923. The van der Waals surface area contributed by atoms with Gasteiger partial charge in [0.1, 0.15) is 11.6 Å². The number of nitrogens with one attached hydrogen (secondary N) is 1. The van der Waals surface area contributed by atoms with Crippen molar-refractivity contribution in [3.05, 3.63) is 0 Å². The first-order valence-electron chi connectivity index (χ1n) is 6.18. The number of hydrogen-bond acceptors (Lipinski definition) is 3. The minimum atomic E-state index is -0.398. The molecule has 0 spiro atoms. The maximum atomic E-state index is 11.6. The van der Waals surface area contributed by atoms with Gasteiger partial charge in [-0.25, -0.2) is 0 Å². The summed E-state index contributed by atoms with van der Waals surface area (Å²) < 4.78 is 5.28. The average Bonchev–Trinajstić information content (AvgIpc) is 2.08. The Morgan fingerprint density at radius 2 is 1.81 bits per heavy atom. The van der Waals surface area contributed by atoms with Gasteiger partial charge in [-0.2, -0.15) is 0 Å². The second kappa shape index (κ2) is 6.89. The van der Waals surface area contributed by atoms with Crippen LogP contribution in [0.15, 0.2) is 0 Å². The standard InChI is InChI=1S/C13H27NO2/c1-10(2)8-7-9-14-11(3)12(15)16-13(4,5)6/h10-11,14H,7-9H2,1-6H3. The Morgan fingerprint density at radius 1 is 1.25 bits per heavy atom. The third-order valence-corrected chi connectivity index (χ3v) is 2.17. The maximum absolute atomic E-state index is 11.6. The van der Waals surface area contributed by atoms with Crippen LogP contribution in [0.2, 0.25) is 0 Å². The van der Waals surface area contributed by atoms with Crippen LogP contribution in [0.3, 0.4) is 0 Å². The molecule has 0 aliphatic heterocycles. The summed E-state index contributed by atoms with van der Waals surface area (Å²) in [4.78, 5) is 11.6. The minimum absolute atomic E-state index is 0.169. The molecule has 16 heavy (non-hydrogen) atoms. The summed E-state index contributed by atoms with van der Waals surface area (Å²) >= 11 is 0. The Bertz CT molecular complexity index is 206. The molecule has 1 atom stereocenters. The van der Waals surface area contributed by atoms with Gasteiger partial charge in [-0.05, 0) is 53.0 Å². The van der Waals surface area contributed by atoms with E-state index in [1.807, 2.05) is 27.7 Å². The summed E-state index contributed by atoms with van der Waals surface area (Å²) in [6, 6.07) is -0.216. The molecule has 0 aliphatic rings. The molecule has 0 saturated carbocycles. The predicted molar refractivity (Wildman–Crippen MR) is 67.4 cm³/mol. The third-order valence-electron chi connectivity index (χ3n) is 2.17. The normalized spacial score (nSPS) is 13.9. The second-order valence-electron chi connectivity index (χ2n) is 5.75. The number of esters is 1. The van der Waals surface area contributed by atoms with Crippen LogP contribution in [0.25, 0.3) is 0 Å². The highest BCUT2D eigenvalue weighted by atomic mass is 16.6. The molecule has 0 aromatic carbocycles. The molecule has 3 nitrogen and oxygen atoms in total. The van der Waals surface area contributed by atoms with Crippen LogP contribution >= 0.6 is 0 Å². The molecule has 0 aromatic rings. The van der Waals surface area contributed by atoms with Crippen molar-refractivity contribution in [2.45, 2.75) is 66.0 Å². The van der Waals surface area contributed by atoms with Gasteiger partial charge in [-0.1, -0.05) is 13.8 Å². The van der Waals surface area contributed by atoms with Gasteiger partial charge >= 0.3 is 5.97 Å². The summed E-state index contributed by atoms with van der Waals surface area (Å²) in [6.07, 6.45) is 2.29. The molecule has 3 heteroatoms. The van der Waals surface area contributed by atoms with Gasteiger partial charge in [-0.3, -0.25) is 4.79 Å². The molecule has 1 N–H and O–H groups in total. The summed E-state index contributed by atoms with van der Waals surface area (Å²) in [5.74, 6) is 0.552. The van der Waals surface area contributed by atoms with Crippen molar-refractivity contribution in [3.63, 3.8) is 0 Å². The zero-order chi connectivity index (χ0) is 12.8. The predicted octanol–water partition coefficient (Wildman–Crippen LogP) is 2.74. The highest BCUT2D eigenvalue weighted by Crippen LogP contribution is 2.08. The number of rotatable bonds is 6. The molecule has 0 saturated heterocycles. The van der Waals surface area contributed by atoms with Gasteiger partial charge < -0.3 is 10.1 Å². The lowest BCUT2D eigenvalue weighted by Gasteiger charge is -2.22. The van der Waals surface area contributed by atoms with Crippen molar-refractivity contribution in [1.29, 1.82) is 0 Å². The minimum Gasteiger partial charge on any atom is -0.459 e. The first-order valence-corrected chi connectivity index (χ1v) is 6.18. The molecule has 0 aromatic heterocycles. The molecular weight excluding hydrogens is 202 g/mol. The zero-order valence-corrected chi connectivity index (χ0v) is 11.6. The van der Waals surface area contributed by atoms with Crippen LogP contribution in [0, 0.1) is 5.92 Å². The molecular formula is C13H27NO2. The topological polar surface area (TPSA) is 38.3 Å². The van der Waals surface area contributed by atoms with Crippen LogP contribution < -0.4 is 5.32 Å². The molecule has 0 amide bonds. The van der Waals surface area contributed by atoms with Gasteiger partial charge in [0.2, 0.25) is 0 Å². The van der Waals surface area contributed by atoms with E-state index in [2.05, 4.69) is 19.2 Å². The monoisotopic (exact) mass is 229 g/mol. The average molecular weight is 229 g/mol. The number of hydrogen-bond donors (Lipinski definition) is 1. The third kappa shape index (κ3) is 8.72. The van der Waals surface area contributed by atoms with Crippen LogP contribution in [-0.2, 0) is 9.53 Å². The van der Waals surface area contributed by atoms with Crippen molar-refractivity contribution in [2.24, 2.45) is 5.92 Å². The van der Waals surface area contributed by atoms with Crippen molar-refractivity contribution in [1.82, 2.24) is 5.32 Å². The molecule has 96 valence electrons. The molecule has 0 fully saturated rings. The molecule has 0 radical (unpaired) electrons. The summed E-state index contributed by atoms with van der Waals surface area (Å²) in [5, 5.41) is 3.19. The van der Waals surface area contributed by atoms with Crippen LogP contribution in [0.4, 0.5) is 0 Å². The molecule has 0 rings (SSSR count). The van der Waals surface area contributed by atoms with E-state index >= 15 is 0 Å². The van der Waals surface area contributed by atoms with Gasteiger partial charge in [0.05, 0.1) is 0 Å². The van der Waals surface area contributed by atoms with E-state index in [1.165, 1.54) is 6.42 Å².